The highest BCUT2D eigenvalue weighted by Gasteiger charge is 2.32. The second-order valence-electron chi connectivity index (χ2n) is 7.55. The Morgan fingerprint density at radius 1 is 1.07 bits per heavy atom. The molecule has 0 aliphatic carbocycles. The average Bonchev–Trinajstić information content (AvgIpc) is 2.63. The maximum absolute atomic E-state index is 13.0. The van der Waals surface area contributed by atoms with Crippen molar-refractivity contribution in [3.05, 3.63) is 68.8 Å². The number of rotatable bonds is 7. The Morgan fingerprint density at radius 3 is 2.23 bits per heavy atom. The van der Waals surface area contributed by atoms with Gasteiger partial charge in [0.2, 0.25) is 15.9 Å². The number of nitrogens with one attached hydrogen (secondary N) is 1. The van der Waals surface area contributed by atoms with E-state index in [-0.39, 0.29) is 17.4 Å². The van der Waals surface area contributed by atoms with Crippen LogP contribution < -0.4 is 9.62 Å². The maximum atomic E-state index is 13.0. The highest BCUT2D eigenvalue weighted by Crippen LogP contribution is 2.29. The van der Waals surface area contributed by atoms with Gasteiger partial charge >= 0.3 is 0 Å². The van der Waals surface area contributed by atoms with Crippen molar-refractivity contribution in [2.24, 2.45) is 0 Å². The number of hydrogen-bond acceptors (Lipinski definition) is 5. The molecule has 0 aliphatic heterocycles. The molecule has 2 atom stereocenters. The van der Waals surface area contributed by atoms with Crippen molar-refractivity contribution in [2.45, 2.75) is 46.7 Å². The van der Waals surface area contributed by atoms with Gasteiger partial charge in [-0.25, -0.2) is 8.42 Å². The minimum absolute atomic E-state index is 0.105. The van der Waals surface area contributed by atoms with Gasteiger partial charge in [0, 0.05) is 12.1 Å². The molecule has 1 N–H and O–H groups in total. The Labute approximate surface area is 177 Å². The van der Waals surface area contributed by atoms with Gasteiger partial charge in [0.15, 0.2) is 0 Å². The Kier molecular flexibility index (Phi) is 6.87. The number of hydrogen-bond donors (Lipinski definition) is 1. The molecule has 1 amide bonds. The summed E-state index contributed by atoms with van der Waals surface area (Å²) in [6.45, 7) is 8.83. The first kappa shape index (κ1) is 23.3. The number of aryl methyl sites for hydroxylation is 3. The van der Waals surface area contributed by atoms with E-state index in [0.29, 0.717) is 5.56 Å². The lowest BCUT2D eigenvalue weighted by atomic mass is 10.00. The summed E-state index contributed by atoms with van der Waals surface area (Å²) in [4.78, 5) is 23.5. The topological polar surface area (TPSA) is 110 Å². The summed E-state index contributed by atoms with van der Waals surface area (Å²) in [6, 6.07) is 8.42. The van der Waals surface area contributed by atoms with E-state index in [4.69, 9.17) is 0 Å². The average molecular weight is 434 g/mol. The molecule has 2 aromatic carbocycles. The Morgan fingerprint density at radius 2 is 1.67 bits per heavy atom. The molecule has 30 heavy (non-hydrogen) atoms. The fourth-order valence-corrected chi connectivity index (χ4v) is 4.59. The third-order valence-corrected chi connectivity index (χ3v) is 6.22. The van der Waals surface area contributed by atoms with Gasteiger partial charge in [-0.05, 0) is 51.3 Å². The zero-order valence-electron chi connectivity index (χ0n) is 18.0. The molecule has 2 rings (SSSR count). The molecule has 0 saturated carbocycles. The summed E-state index contributed by atoms with van der Waals surface area (Å²) in [7, 11) is -3.89. The number of carbonyl (C=O) groups is 1. The number of carbonyl (C=O) groups excluding carboxylic acids is 1. The minimum atomic E-state index is -3.89. The molecule has 0 fully saturated rings. The van der Waals surface area contributed by atoms with Gasteiger partial charge in [0.1, 0.15) is 6.04 Å². The molecule has 0 radical (unpaired) electrons. The van der Waals surface area contributed by atoms with Crippen LogP contribution in [0.1, 0.15) is 42.1 Å². The van der Waals surface area contributed by atoms with E-state index in [1.807, 2.05) is 39.0 Å². The zero-order chi connectivity index (χ0) is 22.8. The molecule has 0 spiro atoms. The quantitative estimate of drug-likeness (QED) is 0.530. The van der Waals surface area contributed by atoms with Crippen LogP contribution in [-0.2, 0) is 14.8 Å². The van der Waals surface area contributed by atoms with Gasteiger partial charge in [-0.15, -0.1) is 0 Å². The van der Waals surface area contributed by atoms with E-state index in [1.54, 1.807) is 6.92 Å². The standard InChI is InChI=1S/C21H27N3O5S/c1-13-7-8-14(2)19(11-13)16(4)22-21(25)17(5)23(30(6,28)29)20-12-18(24(26)27)10-9-15(20)3/h7-12,16-17H,1-6H3,(H,22,25)/t16-,17-/m1/s1. The largest absolute Gasteiger partial charge is 0.348 e. The van der Waals surface area contributed by atoms with E-state index >= 15 is 0 Å². The predicted octanol–water partition coefficient (Wildman–Crippen LogP) is 3.55. The van der Waals surface area contributed by atoms with Crippen LogP contribution in [0, 0.1) is 30.9 Å². The second-order valence-corrected chi connectivity index (χ2v) is 9.41. The van der Waals surface area contributed by atoms with E-state index in [0.717, 1.165) is 27.3 Å². The number of anilines is 1. The van der Waals surface area contributed by atoms with Crippen molar-refractivity contribution in [3.63, 3.8) is 0 Å². The maximum Gasteiger partial charge on any atom is 0.271 e. The van der Waals surface area contributed by atoms with Crippen molar-refractivity contribution in [3.8, 4) is 0 Å². The summed E-state index contributed by atoms with van der Waals surface area (Å²) in [5, 5.41) is 14.0. The monoisotopic (exact) mass is 433 g/mol. The Balaban J connectivity index is 2.40. The van der Waals surface area contributed by atoms with Crippen LogP contribution in [-0.4, -0.2) is 31.5 Å². The van der Waals surface area contributed by atoms with E-state index in [9.17, 15) is 23.3 Å². The number of nitro groups is 1. The third-order valence-electron chi connectivity index (χ3n) is 4.99. The molecule has 8 nitrogen and oxygen atoms in total. The van der Waals surface area contributed by atoms with Gasteiger partial charge in [0.05, 0.1) is 22.9 Å². The van der Waals surface area contributed by atoms with Gasteiger partial charge < -0.3 is 5.32 Å². The van der Waals surface area contributed by atoms with Crippen molar-refractivity contribution >= 4 is 27.3 Å². The van der Waals surface area contributed by atoms with E-state index in [1.165, 1.54) is 25.1 Å². The highest BCUT2D eigenvalue weighted by molar-refractivity contribution is 7.92. The smallest absolute Gasteiger partial charge is 0.271 e. The molecule has 0 aliphatic rings. The van der Waals surface area contributed by atoms with Crippen molar-refractivity contribution in [1.29, 1.82) is 0 Å². The number of nitro benzene ring substituents is 1. The molecule has 0 heterocycles. The third kappa shape index (κ3) is 5.15. The number of non-ortho nitro benzene ring substituents is 1. The minimum Gasteiger partial charge on any atom is -0.348 e. The lowest BCUT2D eigenvalue weighted by molar-refractivity contribution is -0.384. The van der Waals surface area contributed by atoms with Crippen LogP contribution in [0.25, 0.3) is 0 Å². The molecular formula is C21H27N3O5S. The normalized spacial score (nSPS) is 13.4. The Hall–Kier alpha value is -2.94. The molecular weight excluding hydrogens is 406 g/mol. The fraction of sp³-hybridized carbons (Fsp3) is 0.381. The lowest BCUT2D eigenvalue weighted by Gasteiger charge is -2.30. The molecule has 2 aromatic rings. The van der Waals surface area contributed by atoms with Crippen LogP contribution in [0.15, 0.2) is 36.4 Å². The van der Waals surface area contributed by atoms with Crippen LogP contribution in [0.3, 0.4) is 0 Å². The van der Waals surface area contributed by atoms with Gasteiger partial charge in [-0.3, -0.25) is 19.2 Å². The van der Waals surface area contributed by atoms with Crippen LogP contribution in [0.5, 0.6) is 0 Å². The molecule has 0 aromatic heterocycles. The van der Waals surface area contributed by atoms with Gasteiger partial charge in [-0.1, -0.05) is 29.8 Å². The summed E-state index contributed by atoms with van der Waals surface area (Å²) < 4.78 is 26.0. The van der Waals surface area contributed by atoms with Gasteiger partial charge in [0.25, 0.3) is 5.69 Å². The summed E-state index contributed by atoms with van der Waals surface area (Å²) in [6.07, 6.45) is 0.975. The summed E-state index contributed by atoms with van der Waals surface area (Å²) >= 11 is 0. The Bertz CT molecular complexity index is 1080. The van der Waals surface area contributed by atoms with E-state index in [2.05, 4.69) is 5.32 Å². The van der Waals surface area contributed by atoms with Crippen LogP contribution in [0.4, 0.5) is 11.4 Å². The van der Waals surface area contributed by atoms with Crippen molar-refractivity contribution in [1.82, 2.24) is 5.32 Å². The summed E-state index contributed by atoms with van der Waals surface area (Å²) in [5.41, 5.74) is 3.36. The first-order chi connectivity index (χ1) is 13.8. The van der Waals surface area contributed by atoms with Crippen molar-refractivity contribution < 1.29 is 18.1 Å². The van der Waals surface area contributed by atoms with Crippen LogP contribution in [0.2, 0.25) is 0 Å². The van der Waals surface area contributed by atoms with Crippen molar-refractivity contribution in [2.75, 3.05) is 10.6 Å². The first-order valence-corrected chi connectivity index (χ1v) is 11.3. The molecule has 162 valence electrons. The fourth-order valence-electron chi connectivity index (χ4n) is 3.37. The zero-order valence-corrected chi connectivity index (χ0v) is 18.8. The number of amides is 1. The number of nitrogens with zero attached hydrogens (tertiary/aromatic N) is 2. The molecule has 0 unspecified atom stereocenters. The predicted molar refractivity (Wildman–Crippen MR) is 117 cm³/mol. The van der Waals surface area contributed by atoms with Gasteiger partial charge in [-0.2, -0.15) is 0 Å². The molecule has 0 saturated heterocycles. The molecule has 9 heteroatoms. The SMILES string of the molecule is Cc1ccc(C)c([C@@H](C)NC(=O)[C@@H](C)N(c2cc([N+](=O)[O-])ccc2C)S(C)(=O)=O)c1. The highest BCUT2D eigenvalue weighted by atomic mass is 32.2. The van der Waals surface area contributed by atoms with E-state index < -0.39 is 26.9 Å². The first-order valence-electron chi connectivity index (χ1n) is 9.45. The molecule has 0 bridgehead atoms. The van der Waals surface area contributed by atoms with Crippen LogP contribution >= 0.6 is 0 Å². The lowest BCUT2D eigenvalue weighted by Crippen LogP contribution is -2.48. The second kappa shape index (κ2) is 8.83. The number of benzene rings is 2. The summed E-state index contributed by atoms with van der Waals surface area (Å²) in [5.74, 6) is -0.500. The number of sulfonamides is 1.